The number of aryl methyl sites for hydroxylation is 1. The molecule has 4 rings (SSSR count). The molecule has 0 bridgehead atoms. The molecule has 5 nitrogen and oxygen atoms in total. The van der Waals surface area contributed by atoms with Crippen LogP contribution in [0.2, 0.25) is 10.0 Å². The summed E-state index contributed by atoms with van der Waals surface area (Å²) in [6, 6.07) is 19.1. The molecule has 0 spiro atoms. The van der Waals surface area contributed by atoms with Crippen molar-refractivity contribution in [2.75, 3.05) is 35.2 Å². The lowest BCUT2D eigenvalue weighted by Gasteiger charge is -2.29. The van der Waals surface area contributed by atoms with Crippen LogP contribution in [0.25, 0.3) is 0 Å². The van der Waals surface area contributed by atoms with Crippen molar-refractivity contribution in [1.29, 1.82) is 0 Å². The standard InChI is InChI=1S/C27H29Cl2N3O2/c1-19-5-8-22(9-6-19)31-27(33)18-34-26-12-7-21(28)15-20(26)17-30-23-10-11-25(24(29)16-23)32-13-3-2-4-14-32/h5-12,15-16,30H,2-4,13-14,17-18H2,1H3,(H,31,33). The van der Waals surface area contributed by atoms with Crippen LogP contribution in [0.4, 0.5) is 17.1 Å². The van der Waals surface area contributed by atoms with E-state index in [0.717, 1.165) is 46.3 Å². The lowest BCUT2D eigenvalue weighted by molar-refractivity contribution is -0.118. The van der Waals surface area contributed by atoms with Gasteiger partial charge in [-0.25, -0.2) is 0 Å². The second kappa shape index (κ2) is 11.5. The Bertz CT molecular complexity index is 1130. The highest BCUT2D eigenvalue weighted by Crippen LogP contribution is 2.31. The molecular formula is C27H29Cl2N3O2. The van der Waals surface area contributed by atoms with Gasteiger partial charge in [0.05, 0.1) is 10.7 Å². The molecule has 7 heteroatoms. The molecule has 0 saturated carbocycles. The molecule has 0 atom stereocenters. The number of anilines is 3. The summed E-state index contributed by atoms with van der Waals surface area (Å²) in [5.41, 5.74) is 4.72. The SMILES string of the molecule is Cc1ccc(NC(=O)COc2ccc(Cl)cc2CNc2ccc(N3CCCCC3)c(Cl)c2)cc1. The molecule has 1 saturated heterocycles. The van der Waals surface area contributed by atoms with Gasteiger partial charge in [-0.2, -0.15) is 0 Å². The largest absolute Gasteiger partial charge is 0.483 e. The highest BCUT2D eigenvalue weighted by atomic mass is 35.5. The first-order valence-electron chi connectivity index (χ1n) is 11.5. The second-order valence-electron chi connectivity index (χ2n) is 8.52. The van der Waals surface area contributed by atoms with Crippen LogP contribution in [0, 0.1) is 6.92 Å². The first-order chi connectivity index (χ1) is 16.5. The van der Waals surface area contributed by atoms with E-state index in [-0.39, 0.29) is 12.5 Å². The number of halogens is 2. The van der Waals surface area contributed by atoms with E-state index in [9.17, 15) is 4.79 Å². The molecule has 3 aromatic rings. The summed E-state index contributed by atoms with van der Waals surface area (Å²) in [5.74, 6) is 0.379. The Labute approximate surface area is 211 Å². The number of nitrogens with one attached hydrogen (secondary N) is 2. The zero-order chi connectivity index (χ0) is 23.9. The van der Waals surface area contributed by atoms with E-state index in [1.165, 1.54) is 19.3 Å². The highest BCUT2D eigenvalue weighted by molar-refractivity contribution is 6.33. The first kappa shape index (κ1) is 24.2. The molecule has 0 radical (unpaired) electrons. The summed E-state index contributed by atoms with van der Waals surface area (Å²) < 4.78 is 5.82. The van der Waals surface area contributed by atoms with E-state index in [0.29, 0.717) is 17.3 Å². The molecule has 1 aliphatic heterocycles. The number of hydrogen-bond donors (Lipinski definition) is 2. The Kier molecular flexibility index (Phi) is 8.20. The fourth-order valence-corrected chi connectivity index (χ4v) is 4.50. The van der Waals surface area contributed by atoms with E-state index in [2.05, 4.69) is 21.6 Å². The van der Waals surface area contributed by atoms with Gasteiger partial charge in [0.15, 0.2) is 6.61 Å². The van der Waals surface area contributed by atoms with Crippen LogP contribution in [-0.2, 0) is 11.3 Å². The molecule has 1 heterocycles. The number of ether oxygens (including phenoxy) is 1. The Morgan fingerprint density at radius 1 is 0.941 bits per heavy atom. The van der Waals surface area contributed by atoms with Crippen LogP contribution in [0.5, 0.6) is 5.75 Å². The maximum atomic E-state index is 12.3. The quantitative estimate of drug-likeness (QED) is 0.354. The predicted octanol–water partition coefficient (Wildman–Crippen LogP) is 6.92. The monoisotopic (exact) mass is 497 g/mol. The maximum Gasteiger partial charge on any atom is 0.262 e. The molecule has 2 N–H and O–H groups in total. The van der Waals surface area contributed by atoms with Crippen LogP contribution in [0.3, 0.4) is 0 Å². The Morgan fingerprint density at radius 2 is 1.68 bits per heavy atom. The molecule has 0 aliphatic carbocycles. The zero-order valence-corrected chi connectivity index (χ0v) is 20.8. The summed E-state index contributed by atoms with van der Waals surface area (Å²) in [6.45, 7) is 4.48. The summed E-state index contributed by atoms with van der Waals surface area (Å²) in [4.78, 5) is 14.7. The van der Waals surface area contributed by atoms with Crippen LogP contribution in [0.1, 0.15) is 30.4 Å². The number of amides is 1. The van der Waals surface area contributed by atoms with Gasteiger partial charge < -0.3 is 20.3 Å². The van der Waals surface area contributed by atoms with Gasteiger partial charge in [0, 0.05) is 41.6 Å². The van der Waals surface area contributed by atoms with Crippen LogP contribution < -0.4 is 20.3 Å². The van der Waals surface area contributed by atoms with Crippen LogP contribution in [0.15, 0.2) is 60.7 Å². The van der Waals surface area contributed by atoms with E-state index in [1.54, 1.807) is 12.1 Å². The molecule has 178 valence electrons. The van der Waals surface area contributed by atoms with E-state index in [1.807, 2.05) is 49.4 Å². The van der Waals surface area contributed by atoms with Crippen molar-refractivity contribution in [3.05, 3.63) is 81.8 Å². The molecule has 1 fully saturated rings. The molecule has 0 unspecified atom stereocenters. The van der Waals surface area contributed by atoms with Gasteiger partial charge in [-0.3, -0.25) is 4.79 Å². The van der Waals surface area contributed by atoms with Crippen molar-refractivity contribution < 1.29 is 9.53 Å². The highest BCUT2D eigenvalue weighted by Gasteiger charge is 2.14. The third kappa shape index (κ3) is 6.58. The molecular weight excluding hydrogens is 469 g/mol. The van der Waals surface area contributed by atoms with E-state index < -0.39 is 0 Å². The molecule has 0 aromatic heterocycles. The maximum absolute atomic E-state index is 12.3. The van der Waals surface area contributed by atoms with Crippen molar-refractivity contribution in [3.8, 4) is 5.75 Å². The van der Waals surface area contributed by atoms with Gasteiger partial charge in [0.1, 0.15) is 5.75 Å². The topological polar surface area (TPSA) is 53.6 Å². The fraction of sp³-hybridized carbons (Fsp3) is 0.296. The van der Waals surface area contributed by atoms with Gasteiger partial charge in [-0.15, -0.1) is 0 Å². The molecule has 1 amide bonds. The lowest BCUT2D eigenvalue weighted by Crippen LogP contribution is -2.29. The van der Waals surface area contributed by atoms with Crippen molar-refractivity contribution in [3.63, 3.8) is 0 Å². The zero-order valence-electron chi connectivity index (χ0n) is 19.2. The number of carbonyl (C=O) groups excluding carboxylic acids is 1. The van der Waals surface area contributed by atoms with Crippen molar-refractivity contribution in [1.82, 2.24) is 0 Å². The average molecular weight is 498 g/mol. The first-order valence-corrected chi connectivity index (χ1v) is 12.3. The van der Waals surface area contributed by atoms with Crippen LogP contribution in [-0.4, -0.2) is 25.6 Å². The number of piperidine rings is 1. The molecule has 3 aromatic carbocycles. The summed E-state index contributed by atoms with van der Waals surface area (Å²) in [6.07, 6.45) is 3.69. The predicted molar refractivity (Wildman–Crippen MR) is 142 cm³/mol. The summed E-state index contributed by atoms with van der Waals surface area (Å²) in [5, 5.41) is 7.57. The Hall–Kier alpha value is -2.89. The van der Waals surface area contributed by atoms with E-state index in [4.69, 9.17) is 27.9 Å². The van der Waals surface area contributed by atoms with E-state index >= 15 is 0 Å². The minimum Gasteiger partial charge on any atom is -0.483 e. The summed E-state index contributed by atoms with van der Waals surface area (Å²) in [7, 11) is 0. The fourth-order valence-electron chi connectivity index (χ4n) is 4.01. The van der Waals surface area contributed by atoms with Crippen molar-refractivity contribution in [2.24, 2.45) is 0 Å². The number of nitrogens with zero attached hydrogens (tertiary/aromatic N) is 1. The third-order valence-electron chi connectivity index (χ3n) is 5.84. The van der Waals surface area contributed by atoms with Crippen LogP contribution >= 0.6 is 23.2 Å². The Morgan fingerprint density at radius 3 is 2.41 bits per heavy atom. The Balaban J connectivity index is 1.36. The van der Waals surface area contributed by atoms with Crippen molar-refractivity contribution in [2.45, 2.75) is 32.7 Å². The number of carbonyl (C=O) groups is 1. The summed E-state index contributed by atoms with van der Waals surface area (Å²) >= 11 is 12.8. The minimum absolute atomic E-state index is 0.0983. The average Bonchev–Trinajstić information content (AvgIpc) is 2.84. The lowest BCUT2D eigenvalue weighted by atomic mass is 10.1. The van der Waals surface area contributed by atoms with Gasteiger partial charge in [0.25, 0.3) is 5.91 Å². The second-order valence-corrected chi connectivity index (χ2v) is 9.37. The third-order valence-corrected chi connectivity index (χ3v) is 6.38. The smallest absolute Gasteiger partial charge is 0.262 e. The molecule has 1 aliphatic rings. The van der Waals surface area contributed by atoms with Gasteiger partial charge >= 0.3 is 0 Å². The van der Waals surface area contributed by atoms with Gasteiger partial charge in [-0.05, 0) is 74.7 Å². The number of benzene rings is 3. The normalized spacial score (nSPS) is 13.4. The van der Waals surface area contributed by atoms with Gasteiger partial charge in [-0.1, -0.05) is 40.9 Å². The molecule has 34 heavy (non-hydrogen) atoms. The minimum atomic E-state index is -0.224. The van der Waals surface area contributed by atoms with Gasteiger partial charge in [0.2, 0.25) is 0 Å². The van der Waals surface area contributed by atoms with Crippen molar-refractivity contribution >= 4 is 46.2 Å². The number of rotatable bonds is 8. The number of hydrogen-bond acceptors (Lipinski definition) is 4.